The zero-order valence-electron chi connectivity index (χ0n) is 16.2. The van der Waals surface area contributed by atoms with Crippen LogP contribution in [0, 0.1) is 5.92 Å². The zero-order valence-corrected chi connectivity index (χ0v) is 16.2. The number of nitrogens with zero attached hydrogens (tertiary/aromatic N) is 5. The van der Waals surface area contributed by atoms with Gasteiger partial charge in [-0.25, -0.2) is 9.78 Å². The predicted octanol–water partition coefficient (Wildman–Crippen LogP) is 1.81. The highest BCUT2D eigenvalue weighted by Crippen LogP contribution is 2.18. The molecule has 2 aromatic rings. The summed E-state index contributed by atoms with van der Waals surface area (Å²) in [5, 5.41) is 3.15. The van der Waals surface area contributed by atoms with Crippen LogP contribution in [-0.4, -0.2) is 71.6 Å². The Morgan fingerprint density at radius 1 is 1.21 bits per heavy atom. The van der Waals surface area contributed by atoms with Crippen LogP contribution in [0.15, 0.2) is 41.4 Å². The third kappa shape index (κ3) is 4.81. The molecule has 2 amide bonds. The third-order valence-electron chi connectivity index (χ3n) is 5.55. The van der Waals surface area contributed by atoms with Gasteiger partial charge in [0.1, 0.15) is 11.6 Å². The second-order valence-corrected chi connectivity index (χ2v) is 7.55. The molecule has 4 heterocycles. The highest BCUT2D eigenvalue weighted by molar-refractivity contribution is 5.74. The van der Waals surface area contributed by atoms with Crippen LogP contribution in [0.1, 0.15) is 18.6 Å². The van der Waals surface area contributed by atoms with Gasteiger partial charge in [-0.2, -0.15) is 0 Å². The van der Waals surface area contributed by atoms with E-state index in [1.165, 1.54) is 0 Å². The fourth-order valence-electron chi connectivity index (χ4n) is 4.02. The lowest BCUT2D eigenvalue weighted by atomic mass is 9.98. The van der Waals surface area contributed by atoms with Crippen LogP contribution in [0.4, 0.5) is 10.6 Å². The van der Waals surface area contributed by atoms with Gasteiger partial charge in [0.2, 0.25) is 0 Å². The summed E-state index contributed by atoms with van der Waals surface area (Å²) in [4.78, 5) is 27.5. The number of rotatable bonds is 5. The summed E-state index contributed by atoms with van der Waals surface area (Å²) < 4.78 is 5.46. The summed E-state index contributed by atoms with van der Waals surface area (Å²) in [6.45, 7) is 6.66. The quantitative estimate of drug-likeness (QED) is 0.847. The van der Waals surface area contributed by atoms with Gasteiger partial charge in [0.05, 0.1) is 19.0 Å². The first kappa shape index (κ1) is 18.7. The van der Waals surface area contributed by atoms with Crippen LogP contribution < -0.4 is 10.2 Å². The first-order valence-electron chi connectivity index (χ1n) is 10.1. The van der Waals surface area contributed by atoms with Crippen molar-refractivity contribution in [1.82, 2.24) is 25.1 Å². The molecular weight excluding hydrogens is 356 g/mol. The van der Waals surface area contributed by atoms with Gasteiger partial charge >= 0.3 is 6.03 Å². The molecule has 8 heteroatoms. The first-order valence-corrected chi connectivity index (χ1v) is 10.1. The van der Waals surface area contributed by atoms with Gasteiger partial charge in [-0.15, -0.1) is 0 Å². The van der Waals surface area contributed by atoms with Gasteiger partial charge in [0, 0.05) is 51.7 Å². The van der Waals surface area contributed by atoms with Crippen molar-refractivity contribution < 1.29 is 9.21 Å². The summed E-state index contributed by atoms with van der Waals surface area (Å²) in [6, 6.07) is 4.00. The van der Waals surface area contributed by atoms with Gasteiger partial charge in [-0.1, -0.05) is 0 Å². The fourth-order valence-corrected chi connectivity index (χ4v) is 4.02. The normalized spacial score (nSPS) is 20.9. The molecule has 0 unspecified atom stereocenters. The molecule has 0 radical (unpaired) electrons. The lowest BCUT2D eigenvalue weighted by Crippen LogP contribution is -2.53. The maximum Gasteiger partial charge on any atom is 0.317 e. The minimum atomic E-state index is 0.0435. The number of furan rings is 1. The molecule has 0 bridgehead atoms. The van der Waals surface area contributed by atoms with Crippen molar-refractivity contribution in [2.45, 2.75) is 19.4 Å². The molecule has 1 N–H and O–H groups in total. The standard InChI is InChI=1S/C20H28N6O2/c27-20(26-10-8-25(9-11-26)19-14-21-5-6-22-19)23-13-17-3-1-7-24(15-17)16-18-4-2-12-28-18/h2,4-6,12,14,17H,1,3,7-11,13,15-16H2,(H,23,27)/t17-/m0/s1. The average molecular weight is 384 g/mol. The number of urea groups is 1. The van der Waals surface area contributed by atoms with Gasteiger partial charge in [0.15, 0.2) is 0 Å². The molecule has 0 aromatic carbocycles. The highest BCUT2D eigenvalue weighted by atomic mass is 16.3. The van der Waals surface area contributed by atoms with Crippen LogP contribution in [0.3, 0.4) is 0 Å². The Labute approximate surface area is 165 Å². The van der Waals surface area contributed by atoms with Crippen molar-refractivity contribution in [2.75, 3.05) is 50.7 Å². The number of piperazine rings is 1. The number of piperidine rings is 1. The van der Waals surface area contributed by atoms with Crippen molar-refractivity contribution >= 4 is 11.8 Å². The van der Waals surface area contributed by atoms with E-state index < -0.39 is 0 Å². The second-order valence-electron chi connectivity index (χ2n) is 7.55. The maximum atomic E-state index is 12.6. The molecule has 8 nitrogen and oxygen atoms in total. The van der Waals surface area contributed by atoms with E-state index in [0.29, 0.717) is 19.0 Å². The number of aromatic nitrogens is 2. The zero-order chi connectivity index (χ0) is 19.2. The smallest absolute Gasteiger partial charge is 0.317 e. The van der Waals surface area contributed by atoms with Crippen LogP contribution in [-0.2, 0) is 6.54 Å². The van der Waals surface area contributed by atoms with Crippen LogP contribution in [0.2, 0.25) is 0 Å². The first-order chi connectivity index (χ1) is 13.8. The van der Waals surface area contributed by atoms with Crippen LogP contribution in [0.25, 0.3) is 0 Å². The van der Waals surface area contributed by atoms with E-state index in [1.807, 2.05) is 17.0 Å². The monoisotopic (exact) mass is 384 g/mol. The highest BCUT2D eigenvalue weighted by Gasteiger charge is 2.24. The Morgan fingerprint density at radius 3 is 2.86 bits per heavy atom. The van der Waals surface area contributed by atoms with Gasteiger partial charge in [-0.05, 0) is 37.4 Å². The van der Waals surface area contributed by atoms with Crippen molar-refractivity contribution in [1.29, 1.82) is 0 Å². The predicted molar refractivity (Wildman–Crippen MR) is 106 cm³/mol. The van der Waals surface area contributed by atoms with Gasteiger partial charge in [0.25, 0.3) is 0 Å². The van der Waals surface area contributed by atoms with E-state index in [4.69, 9.17) is 4.42 Å². The molecule has 1 atom stereocenters. The molecule has 0 spiro atoms. The molecule has 2 aliphatic rings. The topological polar surface area (TPSA) is 77.7 Å². The van der Waals surface area contributed by atoms with E-state index >= 15 is 0 Å². The minimum Gasteiger partial charge on any atom is -0.468 e. The molecule has 150 valence electrons. The molecule has 2 fully saturated rings. The number of hydrogen-bond donors (Lipinski definition) is 1. The largest absolute Gasteiger partial charge is 0.468 e. The molecule has 0 aliphatic carbocycles. The Kier molecular flexibility index (Phi) is 6.06. The van der Waals surface area contributed by atoms with Crippen LogP contribution in [0.5, 0.6) is 0 Å². The third-order valence-corrected chi connectivity index (χ3v) is 5.55. The molecule has 2 aliphatic heterocycles. The number of carbonyl (C=O) groups excluding carboxylic acids is 1. The van der Waals surface area contributed by atoms with E-state index in [-0.39, 0.29) is 6.03 Å². The Morgan fingerprint density at radius 2 is 2.11 bits per heavy atom. The molecule has 28 heavy (non-hydrogen) atoms. The van der Waals surface area contributed by atoms with Crippen LogP contribution >= 0.6 is 0 Å². The van der Waals surface area contributed by atoms with E-state index in [0.717, 1.165) is 63.7 Å². The minimum absolute atomic E-state index is 0.0435. The number of nitrogens with one attached hydrogen (secondary N) is 1. The lowest BCUT2D eigenvalue weighted by Gasteiger charge is -2.36. The summed E-state index contributed by atoms with van der Waals surface area (Å²) in [6.07, 6.45) is 9.20. The average Bonchev–Trinajstić information content (AvgIpc) is 3.26. The number of anilines is 1. The fraction of sp³-hybridized carbons (Fsp3) is 0.550. The van der Waals surface area contributed by atoms with E-state index in [2.05, 4.69) is 25.1 Å². The molecule has 4 rings (SSSR count). The summed E-state index contributed by atoms with van der Waals surface area (Å²) in [5.74, 6) is 2.38. The molecule has 2 aromatic heterocycles. The Balaban J connectivity index is 1.19. The van der Waals surface area contributed by atoms with Crippen molar-refractivity contribution in [2.24, 2.45) is 5.92 Å². The summed E-state index contributed by atoms with van der Waals surface area (Å²) >= 11 is 0. The number of hydrogen-bond acceptors (Lipinski definition) is 6. The van der Waals surface area contributed by atoms with E-state index in [9.17, 15) is 4.79 Å². The number of carbonyl (C=O) groups is 1. The van der Waals surface area contributed by atoms with Gasteiger partial charge < -0.3 is 19.5 Å². The Hall–Kier alpha value is -2.61. The van der Waals surface area contributed by atoms with Crippen molar-refractivity contribution in [3.05, 3.63) is 42.7 Å². The lowest BCUT2D eigenvalue weighted by molar-refractivity contribution is 0.151. The molecule has 0 saturated carbocycles. The summed E-state index contributed by atoms with van der Waals surface area (Å²) in [7, 11) is 0. The molecular formula is C20H28N6O2. The Bertz CT molecular complexity index is 730. The molecule has 2 saturated heterocycles. The van der Waals surface area contributed by atoms with E-state index in [1.54, 1.807) is 24.9 Å². The van der Waals surface area contributed by atoms with Crippen molar-refractivity contribution in [3.8, 4) is 0 Å². The SMILES string of the molecule is O=C(NC[C@@H]1CCCN(Cc2ccco2)C1)N1CCN(c2cnccn2)CC1. The van der Waals surface area contributed by atoms with Crippen molar-refractivity contribution in [3.63, 3.8) is 0 Å². The maximum absolute atomic E-state index is 12.6. The second kappa shape index (κ2) is 9.05. The number of amides is 2. The number of likely N-dealkylation sites (tertiary alicyclic amines) is 1. The summed E-state index contributed by atoms with van der Waals surface area (Å²) in [5.41, 5.74) is 0. The van der Waals surface area contributed by atoms with Gasteiger partial charge in [-0.3, -0.25) is 9.88 Å².